The maximum absolute atomic E-state index is 12.5. The van der Waals surface area contributed by atoms with Crippen molar-refractivity contribution in [2.75, 3.05) is 18.9 Å². The summed E-state index contributed by atoms with van der Waals surface area (Å²) in [6.07, 6.45) is 0.881. The predicted molar refractivity (Wildman–Crippen MR) is 79.0 cm³/mol. The van der Waals surface area contributed by atoms with E-state index >= 15 is 0 Å². The normalized spacial score (nSPS) is 21.1. The van der Waals surface area contributed by atoms with Crippen LogP contribution in [-0.4, -0.2) is 27.7 Å². The number of benzene rings is 1. The van der Waals surface area contributed by atoms with E-state index in [2.05, 4.69) is 4.72 Å². The Morgan fingerprint density at radius 2 is 2.00 bits per heavy atom. The van der Waals surface area contributed by atoms with E-state index in [4.69, 9.17) is 10.5 Å². The first-order valence-electron chi connectivity index (χ1n) is 6.78. The highest BCUT2D eigenvalue weighted by atomic mass is 32.2. The molecule has 2 unspecified atom stereocenters. The molecule has 0 amide bonds. The molecule has 20 heavy (non-hydrogen) atoms. The van der Waals surface area contributed by atoms with E-state index in [0.717, 1.165) is 17.5 Å². The van der Waals surface area contributed by atoms with E-state index in [9.17, 15) is 8.42 Å². The van der Waals surface area contributed by atoms with E-state index in [0.29, 0.717) is 13.2 Å². The summed E-state index contributed by atoms with van der Waals surface area (Å²) in [5.41, 5.74) is 8.05. The Bertz CT molecular complexity index is 593. The number of nitrogens with one attached hydrogen (secondary N) is 1. The van der Waals surface area contributed by atoms with E-state index in [1.807, 2.05) is 20.8 Å². The largest absolute Gasteiger partial charge is 0.398 e. The van der Waals surface area contributed by atoms with Crippen LogP contribution in [0.3, 0.4) is 0 Å². The fraction of sp³-hybridized carbons (Fsp3) is 0.571. The lowest BCUT2D eigenvalue weighted by atomic mass is 10.0. The lowest BCUT2D eigenvalue weighted by molar-refractivity contribution is 0.180. The molecule has 6 heteroatoms. The highest BCUT2D eigenvalue weighted by molar-refractivity contribution is 7.89. The van der Waals surface area contributed by atoms with Gasteiger partial charge in [-0.05, 0) is 50.5 Å². The van der Waals surface area contributed by atoms with Gasteiger partial charge >= 0.3 is 0 Å². The van der Waals surface area contributed by atoms with E-state index in [1.54, 1.807) is 12.1 Å². The Morgan fingerprint density at radius 3 is 2.60 bits per heavy atom. The van der Waals surface area contributed by atoms with Gasteiger partial charge in [0.05, 0.1) is 12.3 Å². The molecule has 1 aromatic rings. The standard InChI is InChI=1S/C14H22N2O3S/c1-9-6-13(15)14(7-10(9)2)20(17,18)16-11(3)12-4-5-19-8-12/h6-7,11-12,16H,4-5,8,15H2,1-3H3. The van der Waals surface area contributed by atoms with Crippen molar-refractivity contribution in [1.82, 2.24) is 4.72 Å². The van der Waals surface area contributed by atoms with Crippen LogP contribution in [0.15, 0.2) is 17.0 Å². The number of ether oxygens (including phenoxy) is 1. The van der Waals surface area contributed by atoms with Gasteiger partial charge in [0.25, 0.3) is 0 Å². The van der Waals surface area contributed by atoms with Gasteiger partial charge in [-0.15, -0.1) is 0 Å². The van der Waals surface area contributed by atoms with Crippen LogP contribution in [0.2, 0.25) is 0 Å². The van der Waals surface area contributed by atoms with Crippen LogP contribution >= 0.6 is 0 Å². The number of sulfonamides is 1. The van der Waals surface area contributed by atoms with Crippen molar-refractivity contribution < 1.29 is 13.2 Å². The monoisotopic (exact) mass is 298 g/mol. The summed E-state index contributed by atoms with van der Waals surface area (Å²) in [4.78, 5) is 0.159. The summed E-state index contributed by atoms with van der Waals surface area (Å²) in [7, 11) is -3.60. The minimum Gasteiger partial charge on any atom is -0.398 e. The second-order valence-electron chi connectivity index (χ2n) is 5.51. The molecule has 0 radical (unpaired) electrons. The quantitative estimate of drug-likeness (QED) is 0.827. The van der Waals surface area contributed by atoms with Crippen molar-refractivity contribution in [2.45, 2.75) is 38.1 Å². The maximum Gasteiger partial charge on any atom is 0.242 e. The van der Waals surface area contributed by atoms with Gasteiger partial charge < -0.3 is 10.5 Å². The molecule has 0 saturated carbocycles. The molecular weight excluding hydrogens is 276 g/mol. The van der Waals surface area contributed by atoms with Crippen molar-refractivity contribution in [3.05, 3.63) is 23.3 Å². The van der Waals surface area contributed by atoms with Crippen molar-refractivity contribution in [2.24, 2.45) is 5.92 Å². The highest BCUT2D eigenvalue weighted by Crippen LogP contribution is 2.24. The molecule has 2 rings (SSSR count). The van der Waals surface area contributed by atoms with E-state index in [1.165, 1.54) is 0 Å². The van der Waals surface area contributed by atoms with Crippen molar-refractivity contribution in [1.29, 1.82) is 0 Å². The fourth-order valence-corrected chi connectivity index (χ4v) is 3.91. The first-order chi connectivity index (χ1) is 9.31. The van der Waals surface area contributed by atoms with E-state index < -0.39 is 10.0 Å². The third-order valence-electron chi connectivity index (χ3n) is 3.93. The number of nitrogens with two attached hydrogens (primary N) is 1. The number of hydrogen-bond donors (Lipinski definition) is 2. The van der Waals surface area contributed by atoms with Crippen LogP contribution in [0.1, 0.15) is 24.5 Å². The van der Waals surface area contributed by atoms with Gasteiger partial charge in [0.15, 0.2) is 0 Å². The van der Waals surface area contributed by atoms with Gasteiger partial charge in [-0.2, -0.15) is 0 Å². The number of nitrogen functional groups attached to an aromatic ring is 1. The third-order valence-corrected chi connectivity index (χ3v) is 5.54. The van der Waals surface area contributed by atoms with Gasteiger partial charge in [-0.25, -0.2) is 13.1 Å². The third kappa shape index (κ3) is 3.13. The number of anilines is 1. The van der Waals surface area contributed by atoms with Crippen LogP contribution in [0.5, 0.6) is 0 Å². The molecule has 1 aliphatic heterocycles. The lowest BCUT2D eigenvalue weighted by Crippen LogP contribution is -2.38. The van der Waals surface area contributed by atoms with Gasteiger partial charge in [-0.3, -0.25) is 0 Å². The number of aryl methyl sites for hydroxylation is 2. The Balaban J connectivity index is 2.24. The molecule has 1 aliphatic rings. The van der Waals surface area contributed by atoms with Crippen LogP contribution in [0, 0.1) is 19.8 Å². The summed E-state index contributed by atoms with van der Waals surface area (Å²) >= 11 is 0. The summed E-state index contributed by atoms with van der Waals surface area (Å²) < 4.78 is 32.9. The molecule has 1 heterocycles. The molecule has 0 bridgehead atoms. The SMILES string of the molecule is Cc1cc(N)c(S(=O)(=O)NC(C)C2CCOC2)cc1C. The summed E-state index contributed by atoms with van der Waals surface area (Å²) in [5.74, 6) is 0.220. The number of hydrogen-bond acceptors (Lipinski definition) is 4. The average molecular weight is 298 g/mol. The zero-order valence-electron chi connectivity index (χ0n) is 12.1. The Kier molecular flexibility index (Phi) is 4.36. The van der Waals surface area contributed by atoms with Gasteiger partial charge in [0, 0.05) is 18.6 Å². The second kappa shape index (κ2) is 5.71. The molecular formula is C14H22N2O3S. The zero-order chi connectivity index (χ0) is 14.9. The molecule has 112 valence electrons. The van der Waals surface area contributed by atoms with Crippen LogP contribution in [0.25, 0.3) is 0 Å². The Hall–Kier alpha value is -1.11. The summed E-state index contributed by atoms with van der Waals surface area (Å²) in [6.45, 7) is 6.96. The zero-order valence-corrected chi connectivity index (χ0v) is 13.0. The molecule has 1 aromatic carbocycles. The molecule has 0 aliphatic carbocycles. The molecule has 5 nitrogen and oxygen atoms in total. The minimum absolute atomic E-state index is 0.159. The first-order valence-corrected chi connectivity index (χ1v) is 8.26. The smallest absolute Gasteiger partial charge is 0.242 e. The molecule has 0 spiro atoms. The number of rotatable bonds is 4. The summed E-state index contributed by atoms with van der Waals surface area (Å²) in [5, 5.41) is 0. The fourth-order valence-electron chi connectivity index (χ4n) is 2.40. The maximum atomic E-state index is 12.5. The highest BCUT2D eigenvalue weighted by Gasteiger charge is 2.27. The van der Waals surface area contributed by atoms with E-state index in [-0.39, 0.29) is 22.5 Å². The second-order valence-corrected chi connectivity index (χ2v) is 7.19. The van der Waals surface area contributed by atoms with Gasteiger partial charge in [0.2, 0.25) is 10.0 Å². The van der Waals surface area contributed by atoms with Crippen LogP contribution < -0.4 is 10.5 Å². The molecule has 2 atom stereocenters. The van der Waals surface area contributed by atoms with Crippen molar-refractivity contribution >= 4 is 15.7 Å². The van der Waals surface area contributed by atoms with Gasteiger partial charge in [0.1, 0.15) is 4.90 Å². The van der Waals surface area contributed by atoms with Crippen LogP contribution in [-0.2, 0) is 14.8 Å². The van der Waals surface area contributed by atoms with Gasteiger partial charge in [-0.1, -0.05) is 0 Å². The first kappa shape index (κ1) is 15.3. The van der Waals surface area contributed by atoms with Crippen molar-refractivity contribution in [3.63, 3.8) is 0 Å². The topological polar surface area (TPSA) is 81.4 Å². The Labute approximate surface area is 120 Å². The lowest BCUT2D eigenvalue weighted by Gasteiger charge is -2.20. The summed E-state index contributed by atoms with van der Waals surface area (Å²) in [6, 6.07) is 3.17. The minimum atomic E-state index is -3.60. The average Bonchev–Trinajstić information content (AvgIpc) is 2.86. The predicted octanol–water partition coefficient (Wildman–Crippen LogP) is 1.59. The molecule has 1 saturated heterocycles. The van der Waals surface area contributed by atoms with Crippen LogP contribution in [0.4, 0.5) is 5.69 Å². The molecule has 1 fully saturated rings. The molecule has 3 N–H and O–H groups in total. The Morgan fingerprint density at radius 1 is 1.35 bits per heavy atom. The van der Waals surface area contributed by atoms with Crippen molar-refractivity contribution in [3.8, 4) is 0 Å². The molecule has 0 aromatic heterocycles.